The number of piperidine rings is 1. The van der Waals surface area contributed by atoms with Crippen LogP contribution in [0.15, 0.2) is 30.3 Å². The van der Waals surface area contributed by atoms with Gasteiger partial charge in [-0.1, -0.05) is 24.3 Å². The van der Waals surface area contributed by atoms with Crippen LogP contribution in [0, 0.1) is 11.8 Å². The number of carbonyl (C=O) groups excluding carboxylic acids is 2. The zero-order chi connectivity index (χ0) is 17.7. The van der Waals surface area contributed by atoms with Gasteiger partial charge in [-0.25, -0.2) is 0 Å². The summed E-state index contributed by atoms with van der Waals surface area (Å²) in [5.74, 6) is 0.675. The summed E-state index contributed by atoms with van der Waals surface area (Å²) >= 11 is 0. The zero-order valence-electron chi connectivity index (χ0n) is 15.0. The minimum Gasteiger partial charge on any atom is -0.342 e. The Morgan fingerprint density at radius 3 is 2.35 bits per heavy atom. The number of likely N-dealkylation sites (tertiary alicyclic amines) is 1. The summed E-state index contributed by atoms with van der Waals surface area (Å²) in [4.78, 5) is 26.9. The van der Waals surface area contributed by atoms with Crippen molar-refractivity contribution >= 4 is 28.3 Å². The number of rotatable bonds is 3. The molecule has 1 saturated carbocycles. The van der Waals surface area contributed by atoms with Gasteiger partial charge in [0.15, 0.2) is 0 Å². The maximum Gasteiger partial charge on any atom is 0.227 e. The molecule has 3 aliphatic rings. The van der Waals surface area contributed by atoms with E-state index in [9.17, 15) is 9.59 Å². The minimum absolute atomic E-state index is 0.00119. The van der Waals surface area contributed by atoms with Gasteiger partial charge in [0.1, 0.15) is 0 Å². The van der Waals surface area contributed by atoms with Gasteiger partial charge in [-0.15, -0.1) is 0 Å². The highest BCUT2D eigenvalue weighted by atomic mass is 16.2. The van der Waals surface area contributed by atoms with Gasteiger partial charge < -0.3 is 10.2 Å². The highest BCUT2D eigenvalue weighted by Crippen LogP contribution is 2.36. The van der Waals surface area contributed by atoms with Crippen molar-refractivity contribution in [3.05, 3.63) is 41.5 Å². The number of hydrogen-bond donors (Lipinski definition) is 1. The second-order valence-corrected chi connectivity index (χ2v) is 7.98. The first-order valence-electron chi connectivity index (χ1n) is 9.84. The first-order chi connectivity index (χ1) is 12.7. The SMILES string of the molecule is O=C(Nc1ccc2c3c(cccc13)CC2)C1CCN(C(=O)C2CC2)CC1. The van der Waals surface area contributed by atoms with Gasteiger partial charge in [0.05, 0.1) is 0 Å². The highest BCUT2D eigenvalue weighted by molar-refractivity contribution is 6.05. The Labute approximate surface area is 153 Å². The van der Waals surface area contributed by atoms with E-state index < -0.39 is 0 Å². The summed E-state index contributed by atoms with van der Waals surface area (Å²) in [6.07, 6.45) is 5.82. The van der Waals surface area contributed by atoms with Gasteiger partial charge in [0.2, 0.25) is 11.8 Å². The Hall–Kier alpha value is -2.36. The van der Waals surface area contributed by atoms with Gasteiger partial charge in [-0.05, 0) is 61.1 Å². The van der Waals surface area contributed by atoms with Gasteiger partial charge in [0, 0.05) is 36.0 Å². The maximum atomic E-state index is 12.8. The molecule has 2 fully saturated rings. The molecule has 2 aliphatic carbocycles. The summed E-state index contributed by atoms with van der Waals surface area (Å²) < 4.78 is 0. The molecule has 134 valence electrons. The molecule has 2 aromatic carbocycles. The van der Waals surface area contributed by atoms with E-state index in [1.165, 1.54) is 16.5 Å². The molecule has 1 saturated heterocycles. The number of carbonyl (C=O) groups is 2. The molecule has 0 bridgehead atoms. The molecule has 1 heterocycles. The number of aryl methyl sites for hydroxylation is 2. The molecular weight excluding hydrogens is 324 g/mol. The minimum atomic E-state index is 0.00119. The van der Waals surface area contributed by atoms with E-state index in [0.717, 1.165) is 62.7 Å². The molecule has 2 amide bonds. The lowest BCUT2D eigenvalue weighted by atomic mass is 9.95. The number of nitrogens with one attached hydrogen (secondary N) is 1. The van der Waals surface area contributed by atoms with Crippen molar-refractivity contribution in [3.8, 4) is 0 Å². The van der Waals surface area contributed by atoms with Crippen molar-refractivity contribution < 1.29 is 9.59 Å². The number of hydrogen-bond acceptors (Lipinski definition) is 2. The van der Waals surface area contributed by atoms with E-state index in [4.69, 9.17) is 0 Å². The average molecular weight is 348 g/mol. The van der Waals surface area contributed by atoms with E-state index in [1.807, 2.05) is 4.90 Å². The second kappa shape index (κ2) is 6.11. The van der Waals surface area contributed by atoms with Crippen LogP contribution in [0.4, 0.5) is 5.69 Å². The van der Waals surface area contributed by atoms with Crippen LogP contribution >= 0.6 is 0 Å². The molecule has 1 N–H and O–H groups in total. The molecule has 5 rings (SSSR count). The average Bonchev–Trinajstić information content (AvgIpc) is 3.45. The van der Waals surface area contributed by atoms with E-state index in [-0.39, 0.29) is 17.7 Å². The predicted octanol–water partition coefficient (Wildman–Crippen LogP) is 3.53. The van der Waals surface area contributed by atoms with Gasteiger partial charge in [-0.2, -0.15) is 0 Å². The largest absolute Gasteiger partial charge is 0.342 e. The summed E-state index contributed by atoms with van der Waals surface area (Å²) in [6, 6.07) is 10.6. The van der Waals surface area contributed by atoms with E-state index >= 15 is 0 Å². The fourth-order valence-electron chi connectivity index (χ4n) is 4.54. The molecule has 1 aliphatic heterocycles. The normalized spacial score (nSPS) is 19.8. The third-order valence-corrected chi connectivity index (χ3v) is 6.24. The predicted molar refractivity (Wildman–Crippen MR) is 102 cm³/mol. The van der Waals surface area contributed by atoms with Crippen molar-refractivity contribution in [2.45, 2.75) is 38.5 Å². The number of benzene rings is 2. The van der Waals surface area contributed by atoms with Crippen LogP contribution < -0.4 is 5.32 Å². The van der Waals surface area contributed by atoms with E-state index in [1.54, 1.807) is 0 Å². The lowest BCUT2D eigenvalue weighted by Gasteiger charge is -2.31. The quantitative estimate of drug-likeness (QED) is 0.922. The van der Waals surface area contributed by atoms with Crippen LogP contribution in [0.3, 0.4) is 0 Å². The van der Waals surface area contributed by atoms with Gasteiger partial charge in [-0.3, -0.25) is 9.59 Å². The van der Waals surface area contributed by atoms with Crippen molar-refractivity contribution in [1.82, 2.24) is 4.90 Å². The lowest BCUT2D eigenvalue weighted by Crippen LogP contribution is -2.42. The fourth-order valence-corrected chi connectivity index (χ4v) is 4.54. The Morgan fingerprint density at radius 1 is 0.885 bits per heavy atom. The number of nitrogens with zero attached hydrogens (tertiary/aromatic N) is 1. The first-order valence-corrected chi connectivity index (χ1v) is 9.84. The first kappa shape index (κ1) is 15.9. The lowest BCUT2D eigenvalue weighted by molar-refractivity contribution is -0.135. The molecule has 4 nitrogen and oxygen atoms in total. The summed E-state index contributed by atoms with van der Waals surface area (Å²) in [6.45, 7) is 1.44. The van der Waals surface area contributed by atoms with Crippen LogP contribution in [-0.4, -0.2) is 29.8 Å². The molecule has 0 unspecified atom stereocenters. The number of anilines is 1. The maximum absolute atomic E-state index is 12.8. The monoisotopic (exact) mass is 348 g/mol. The summed E-state index contributed by atoms with van der Waals surface area (Å²) in [5.41, 5.74) is 3.70. The van der Waals surface area contributed by atoms with Crippen LogP contribution in [0.5, 0.6) is 0 Å². The Kier molecular flexibility index (Phi) is 3.73. The van der Waals surface area contributed by atoms with Crippen molar-refractivity contribution in [2.75, 3.05) is 18.4 Å². The van der Waals surface area contributed by atoms with Gasteiger partial charge >= 0.3 is 0 Å². The van der Waals surface area contributed by atoms with Crippen LogP contribution in [0.1, 0.15) is 36.8 Å². The molecule has 0 aromatic heterocycles. The Bertz CT molecular complexity index is 882. The highest BCUT2D eigenvalue weighted by Gasteiger charge is 2.36. The van der Waals surface area contributed by atoms with Crippen molar-refractivity contribution in [3.63, 3.8) is 0 Å². The third kappa shape index (κ3) is 2.68. The van der Waals surface area contributed by atoms with Crippen LogP contribution in [0.2, 0.25) is 0 Å². The summed E-state index contributed by atoms with van der Waals surface area (Å²) in [5, 5.41) is 5.66. The molecule has 0 atom stereocenters. The van der Waals surface area contributed by atoms with Crippen LogP contribution in [-0.2, 0) is 22.4 Å². The van der Waals surface area contributed by atoms with E-state index in [0.29, 0.717) is 5.91 Å². The second-order valence-electron chi connectivity index (χ2n) is 7.98. The molecular formula is C22H24N2O2. The Balaban J connectivity index is 1.29. The van der Waals surface area contributed by atoms with Crippen molar-refractivity contribution in [2.24, 2.45) is 11.8 Å². The standard InChI is InChI=1S/C22H24N2O2/c25-21(16-10-12-24(13-11-16)22(26)17-6-7-17)23-19-9-8-15-5-4-14-2-1-3-18(19)20(14)15/h1-3,8-9,16-17H,4-7,10-13H2,(H,23,25). The summed E-state index contributed by atoms with van der Waals surface area (Å²) in [7, 11) is 0. The zero-order valence-corrected chi connectivity index (χ0v) is 15.0. The fraction of sp³-hybridized carbons (Fsp3) is 0.455. The number of amides is 2. The molecule has 0 spiro atoms. The Morgan fingerprint density at radius 2 is 1.62 bits per heavy atom. The molecule has 4 heteroatoms. The molecule has 0 radical (unpaired) electrons. The smallest absolute Gasteiger partial charge is 0.227 e. The molecule has 26 heavy (non-hydrogen) atoms. The van der Waals surface area contributed by atoms with Crippen molar-refractivity contribution in [1.29, 1.82) is 0 Å². The van der Waals surface area contributed by atoms with Crippen LogP contribution in [0.25, 0.3) is 10.8 Å². The third-order valence-electron chi connectivity index (χ3n) is 6.24. The van der Waals surface area contributed by atoms with E-state index in [2.05, 4.69) is 35.6 Å². The van der Waals surface area contributed by atoms with Gasteiger partial charge in [0.25, 0.3) is 0 Å². The topological polar surface area (TPSA) is 49.4 Å². The molecule has 2 aromatic rings.